The van der Waals surface area contributed by atoms with Crippen molar-refractivity contribution in [3.8, 4) is 5.75 Å². The van der Waals surface area contributed by atoms with E-state index in [0.29, 0.717) is 36.6 Å². The van der Waals surface area contributed by atoms with Crippen molar-refractivity contribution in [1.82, 2.24) is 15.3 Å². The highest BCUT2D eigenvalue weighted by Gasteiger charge is 2.18. The topological polar surface area (TPSA) is 82.3 Å². The largest absolute Gasteiger partial charge is 0.486 e. The summed E-state index contributed by atoms with van der Waals surface area (Å²) in [4.78, 5) is 8.37. The fraction of sp³-hybridized carbons (Fsp3) is 0.500. The third-order valence-electron chi connectivity index (χ3n) is 2.70. The first-order valence-electron chi connectivity index (χ1n) is 6.08. The number of hydrogen-bond acceptors (Lipinski definition) is 6. The van der Waals surface area contributed by atoms with Crippen molar-refractivity contribution >= 4 is 0 Å². The van der Waals surface area contributed by atoms with Crippen molar-refractivity contribution in [2.45, 2.75) is 6.10 Å². The quantitative estimate of drug-likeness (QED) is 0.800. The van der Waals surface area contributed by atoms with E-state index in [1.165, 1.54) is 0 Å². The first-order chi connectivity index (χ1) is 9.33. The van der Waals surface area contributed by atoms with Gasteiger partial charge in [0.05, 0.1) is 25.3 Å². The van der Waals surface area contributed by atoms with Crippen LogP contribution in [0.3, 0.4) is 0 Å². The highest BCUT2D eigenvalue weighted by molar-refractivity contribution is 5.15. The third-order valence-corrected chi connectivity index (χ3v) is 2.70. The van der Waals surface area contributed by atoms with Gasteiger partial charge < -0.3 is 20.5 Å². The van der Waals surface area contributed by atoms with Gasteiger partial charge in [-0.3, -0.25) is 0 Å². The molecule has 1 aromatic rings. The number of aromatic nitrogens is 2. The molecule has 2 heterocycles. The van der Waals surface area contributed by atoms with Crippen LogP contribution in [0.25, 0.3) is 0 Å². The lowest BCUT2D eigenvalue weighted by Gasteiger charge is -2.22. The summed E-state index contributed by atoms with van der Waals surface area (Å²) in [6.07, 6.45) is 3.42. The minimum atomic E-state index is -0.131. The summed E-state index contributed by atoms with van der Waals surface area (Å²) >= 11 is 0. The van der Waals surface area contributed by atoms with Crippen LogP contribution in [0, 0.1) is 0 Å². The van der Waals surface area contributed by atoms with E-state index in [1.807, 2.05) is 0 Å². The highest BCUT2D eigenvalue weighted by Crippen LogP contribution is 2.16. The third kappa shape index (κ3) is 3.95. The average molecular weight is 268 g/mol. The molecular formula is C12H17FN4O2. The van der Waals surface area contributed by atoms with Crippen LogP contribution >= 0.6 is 0 Å². The van der Waals surface area contributed by atoms with E-state index in [9.17, 15) is 4.39 Å². The molecule has 0 spiro atoms. The smallest absolute Gasteiger partial charge is 0.158 e. The molecular weight excluding hydrogens is 251 g/mol. The Morgan fingerprint density at radius 1 is 1.58 bits per heavy atom. The van der Waals surface area contributed by atoms with Gasteiger partial charge in [-0.05, 0) is 0 Å². The van der Waals surface area contributed by atoms with Gasteiger partial charge in [0.1, 0.15) is 12.7 Å². The number of halogens is 1. The lowest BCUT2D eigenvalue weighted by Crippen LogP contribution is -2.34. The second-order valence-corrected chi connectivity index (χ2v) is 4.10. The zero-order valence-corrected chi connectivity index (χ0v) is 10.5. The molecule has 1 aliphatic rings. The second-order valence-electron chi connectivity index (χ2n) is 4.10. The molecule has 1 unspecified atom stereocenters. The first kappa shape index (κ1) is 13.9. The Kier molecular flexibility index (Phi) is 5.20. The van der Waals surface area contributed by atoms with E-state index >= 15 is 0 Å². The molecule has 1 aliphatic heterocycles. The molecule has 3 N–H and O–H groups in total. The lowest BCUT2D eigenvalue weighted by atomic mass is 10.3. The van der Waals surface area contributed by atoms with Crippen LogP contribution < -0.4 is 15.8 Å². The van der Waals surface area contributed by atoms with Crippen molar-refractivity contribution in [2.75, 3.05) is 32.8 Å². The van der Waals surface area contributed by atoms with Crippen molar-refractivity contribution < 1.29 is 13.9 Å². The number of morpholine rings is 1. The molecule has 1 aromatic heterocycles. The van der Waals surface area contributed by atoms with Crippen molar-refractivity contribution in [2.24, 2.45) is 5.73 Å². The summed E-state index contributed by atoms with van der Waals surface area (Å²) < 4.78 is 23.1. The molecule has 6 nitrogen and oxygen atoms in total. The Morgan fingerprint density at radius 3 is 2.95 bits per heavy atom. The molecule has 1 saturated heterocycles. The number of nitrogens with two attached hydrogens (primary N) is 1. The average Bonchev–Trinajstić information content (AvgIpc) is 2.50. The molecule has 19 heavy (non-hydrogen) atoms. The summed E-state index contributed by atoms with van der Waals surface area (Å²) in [5, 5.41) is 3.20. The van der Waals surface area contributed by atoms with E-state index in [0.717, 1.165) is 6.54 Å². The van der Waals surface area contributed by atoms with E-state index < -0.39 is 0 Å². The van der Waals surface area contributed by atoms with Gasteiger partial charge >= 0.3 is 0 Å². The fourth-order valence-corrected chi connectivity index (χ4v) is 1.61. The predicted molar refractivity (Wildman–Crippen MR) is 67.3 cm³/mol. The Labute approximate surface area is 110 Å². The maximum Gasteiger partial charge on any atom is 0.158 e. The van der Waals surface area contributed by atoms with Gasteiger partial charge in [0.2, 0.25) is 0 Å². The van der Waals surface area contributed by atoms with E-state index in [2.05, 4.69) is 15.3 Å². The molecule has 0 aromatic carbocycles. The lowest BCUT2D eigenvalue weighted by molar-refractivity contribution is 0.0220. The minimum absolute atomic E-state index is 0.0944. The van der Waals surface area contributed by atoms with Gasteiger partial charge in [0.25, 0.3) is 0 Å². The Hall–Kier alpha value is -1.57. The van der Waals surface area contributed by atoms with Crippen molar-refractivity contribution in [3.05, 3.63) is 30.1 Å². The van der Waals surface area contributed by atoms with Gasteiger partial charge in [0.15, 0.2) is 11.6 Å². The van der Waals surface area contributed by atoms with Crippen LogP contribution in [0.2, 0.25) is 0 Å². The molecule has 0 saturated carbocycles. The summed E-state index contributed by atoms with van der Waals surface area (Å²) in [5.74, 6) is 1.08. The van der Waals surface area contributed by atoms with Crippen molar-refractivity contribution in [1.29, 1.82) is 0 Å². The molecule has 0 aliphatic carbocycles. The number of nitrogens with zero attached hydrogens (tertiary/aromatic N) is 2. The molecule has 7 heteroatoms. The first-order valence-corrected chi connectivity index (χ1v) is 6.08. The molecule has 0 radical (unpaired) electrons. The number of rotatable bonds is 5. The highest BCUT2D eigenvalue weighted by atomic mass is 19.1. The molecule has 2 rings (SSSR count). The van der Waals surface area contributed by atoms with Gasteiger partial charge in [-0.15, -0.1) is 0 Å². The Balaban J connectivity index is 1.90. The maximum absolute atomic E-state index is 12.3. The van der Waals surface area contributed by atoms with Gasteiger partial charge in [-0.1, -0.05) is 0 Å². The molecule has 0 amide bonds. The summed E-state index contributed by atoms with van der Waals surface area (Å²) in [6, 6.07) is 0. The summed E-state index contributed by atoms with van der Waals surface area (Å²) in [6.45, 7) is 2.40. The normalized spacial score (nSPS) is 20.3. The van der Waals surface area contributed by atoms with Crippen LogP contribution in [0.4, 0.5) is 4.39 Å². The standard InChI is InChI=1S/C12H17FN4O2/c13-3-9(4-14)8-19-10-5-16-12(17-6-10)11-7-15-1-2-18-11/h3,5-6,11,15H,1-2,4,7-8,14H2. The van der Waals surface area contributed by atoms with Crippen LogP contribution in [0.5, 0.6) is 5.75 Å². The fourth-order valence-electron chi connectivity index (χ4n) is 1.61. The molecule has 1 fully saturated rings. The number of nitrogens with one attached hydrogen (secondary N) is 1. The number of hydrogen-bond donors (Lipinski definition) is 2. The van der Waals surface area contributed by atoms with E-state index in [-0.39, 0.29) is 19.3 Å². The minimum Gasteiger partial charge on any atom is -0.486 e. The van der Waals surface area contributed by atoms with Crippen LogP contribution in [0.15, 0.2) is 24.3 Å². The summed E-state index contributed by atoms with van der Waals surface area (Å²) in [7, 11) is 0. The van der Waals surface area contributed by atoms with E-state index in [4.69, 9.17) is 15.2 Å². The monoisotopic (exact) mass is 268 g/mol. The SMILES string of the molecule is NCC(=CF)COc1cnc(C2CNCCO2)nc1. The van der Waals surface area contributed by atoms with Crippen LogP contribution in [-0.2, 0) is 4.74 Å². The molecule has 104 valence electrons. The Bertz CT molecular complexity index is 418. The second kappa shape index (κ2) is 7.13. The predicted octanol–water partition coefficient (Wildman–Crippen LogP) is 0.328. The van der Waals surface area contributed by atoms with E-state index in [1.54, 1.807) is 12.4 Å². The van der Waals surface area contributed by atoms with Gasteiger partial charge in [-0.25, -0.2) is 14.4 Å². The van der Waals surface area contributed by atoms with Gasteiger partial charge in [0, 0.05) is 25.2 Å². The molecule has 1 atom stereocenters. The van der Waals surface area contributed by atoms with Gasteiger partial charge in [-0.2, -0.15) is 0 Å². The van der Waals surface area contributed by atoms with Crippen molar-refractivity contribution in [3.63, 3.8) is 0 Å². The Morgan fingerprint density at radius 2 is 2.37 bits per heavy atom. The van der Waals surface area contributed by atoms with Crippen LogP contribution in [-0.4, -0.2) is 42.8 Å². The maximum atomic E-state index is 12.3. The summed E-state index contributed by atoms with van der Waals surface area (Å²) in [5.41, 5.74) is 5.70. The van der Waals surface area contributed by atoms with Crippen LogP contribution in [0.1, 0.15) is 11.9 Å². The number of ether oxygens (including phenoxy) is 2. The molecule has 0 bridgehead atoms. The zero-order chi connectivity index (χ0) is 13.5. The zero-order valence-electron chi connectivity index (χ0n) is 10.5.